The fourth-order valence-corrected chi connectivity index (χ4v) is 4.82. The van der Waals surface area contributed by atoms with E-state index in [1.54, 1.807) is 0 Å². The zero-order chi connectivity index (χ0) is 19.2. The molecule has 0 amide bonds. The third-order valence-electron chi connectivity index (χ3n) is 6.41. The number of nitrogens with one attached hydrogen (secondary N) is 2. The fraction of sp³-hybridized carbons (Fsp3) is 0.682. The number of fused-ring (bicyclic) bond motifs is 1. The summed E-state index contributed by atoms with van der Waals surface area (Å²) in [6.45, 7) is 7.18. The van der Waals surface area contributed by atoms with Crippen LogP contribution in [0.2, 0.25) is 0 Å². The van der Waals surface area contributed by atoms with E-state index in [0.29, 0.717) is 12.1 Å². The number of guanidine groups is 1. The number of halogens is 1. The number of nitrogens with zero attached hydrogens (tertiary/aromatic N) is 3. The smallest absolute Gasteiger partial charge is 0.191 e. The minimum Gasteiger partial charge on any atom is -0.373 e. The van der Waals surface area contributed by atoms with E-state index in [1.807, 2.05) is 7.05 Å². The van der Waals surface area contributed by atoms with Gasteiger partial charge in [-0.1, -0.05) is 30.3 Å². The van der Waals surface area contributed by atoms with E-state index in [2.05, 4.69) is 55.8 Å². The molecule has 0 radical (unpaired) electrons. The van der Waals surface area contributed by atoms with Crippen LogP contribution in [0.25, 0.3) is 0 Å². The first kappa shape index (κ1) is 22.8. The highest BCUT2D eigenvalue weighted by molar-refractivity contribution is 14.0. The number of likely N-dealkylation sites (tertiary alicyclic amines) is 1. The fourth-order valence-electron chi connectivity index (χ4n) is 4.82. The van der Waals surface area contributed by atoms with Gasteiger partial charge in [-0.2, -0.15) is 0 Å². The molecule has 3 fully saturated rings. The average Bonchev–Trinajstić information content (AvgIpc) is 3.43. The zero-order valence-corrected chi connectivity index (χ0v) is 19.9. The highest BCUT2D eigenvalue weighted by Gasteiger charge is 2.32. The number of morpholine rings is 1. The predicted octanol–water partition coefficient (Wildman–Crippen LogP) is 2.47. The third kappa shape index (κ3) is 6.06. The lowest BCUT2D eigenvalue weighted by Crippen LogP contribution is -2.52. The lowest BCUT2D eigenvalue weighted by atomic mass is 10.1. The van der Waals surface area contributed by atoms with Gasteiger partial charge in [-0.15, -0.1) is 24.0 Å². The van der Waals surface area contributed by atoms with Crippen molar-refractivity contribution in [2.24, 2.45) is 4.99 Å². The molecule has 4 rings (SSSR count). The van der Waals surface area contributed by atoms with E-state index < -0.39 is 0 Å². The number of rotatable bonds is 6. The van der Waals surface area contributed by atoms with Crippen LogP contribution in [0.5, 0.6) is 0 Å². The Morgan fingerprint density at radius 2 is 1.93 bits per heavy atom. The zero-order valence-electron chi connectivity index (χ0n) is 17.6. The van der Waals surface area contributed by atoms with Crippen LogP contribution in [-0.2, 0) is 4.74 Å². The quantitative estimate of drug-likeness (QED) is 0.348. The summed E-state index contributed by atoms with van der Waals surface area (Å²) >= 11 is 0. The summed E-state index contributed by atoms with van der Waals surface area (Å²) in [6.07, 6.45) is 5.45. The van der Waals surface area contributed by atoms with Gasteiger partial charge in [-0.25, -0.2) is 0 Å². The van der Waals surface area contributed by atoms with Crippen LogP contribution in [0, 0.1) is 0 Å². The number of hydrogen-bond donors (Lipinski definition) is 2. The third-order valence-corrected chi connectivity index (χ3v) is 6.41. The van der Waals surface area contributed by atoms with E-state index in [-0.39, 0.29) is 30.1 Å². The van der Waals surface area contributed by atoms with E-state index >= 15 is 0 Å². The monoisotopic (exact) mass is 513 g/mol. The minimum absolute atomic E-state index is 0. The molecule has 0 spiro atoms. The van der Waals surface area contributed by atoms with Gasteiger partial charge in [0.2, 0.25) is 0 Å². The molecule has 3 atom stereocenters. The van der Waals surface area contributed by atoms with Crippen molar-refractivity contribution in [1.29, 1.82) is 0 Å². The van der Waals surface area contributed by atoms with Gasteiger partial charge in [0.1, 0.15) is 0 Å². The molecular formula is C22H36IN5O. The summed E-state index contributed by atoms with van der Waals surface area (Å²) in [5, 5.41) is 7.04. The van der Waals surface area contributed by atoms with Crippen LogP contribution < -0.4 is 10.6 Å². The van der Waals surface area contributed by atoms with E-state index in [0.717, 1.165) is 32.2 Å². The molecular weight excluding hydrogens is 477 g/mol. The molecule has 3 heterocycles. The molecule has 0 saturated carbocycles. The molecule has 3 aliphatic rings. The summed E-state index contributed by atoms with van der Waals surface area (Å²) in [5.41, 5.74) is 1.38. The lowest BCUT2D eigenvalue weighted by molar-refractivity contribution is -0.0453. The maximum Gasteiger partial charge on any atom is 0.191 e. The molecule has 1 aromatic carbocycles. The average molecular weight is 513 g/mol. The molecule has 3 unspecified atom stereocenters. The van der Waals surface area contributed by atoms with Crippen molar-refractivity contribution >= 4 is 29.9 Å². The van der Waals surface area contributed by atoms with Crippen molar-refractivity contribution in [2.45, 2.75) is 43.9 Å². The van der Waals surface area contributed by atoms with E-state index in [9.17, 15) is 0 Å². The topological polar surface area (TPSA) is 52.1 Å². The molecule has 6 nitrogen and oxygen atoms in total. The maximum absolute atomic E-state index is 6.07. The Labute approximate surface area is 192 Å². The Kier molecular flexibility index (Phi) is 9.02. The second kappa shape index (κ2) is 11.5. The second-order valence-corrected chi connectivity index (χ2v) is 8.25. The second-order valence-electron chi connectivity index (χ2n) is 8.25. The first-order valence-corrected chi connectivity index (χ1v) is 10.9. The summed E-state index contributed by atoms with van der Waals surface area (Å²) in [4.78, 5) is 9.62. The molecule has 3 saturated heterocycles. The summed E-state index contributed by atoms with van der Waals surface area (Å²) in [6, 6.07) is 11.9. The molecule has 3 aliphatic heterocycles. The molecule has 29 heavy (non-hydrogen) atoms. The Hall–Kier alpha value is -0.900. The van der Waals surface area contributed by atoms with Crippen LogP contribution in [0.3, 0.4) is 0 Å². The Bertz CT molecular complexity index is 637. The first-order chi connectivity index (χ1) is 13.8. The minimum atomic E-state index is 0. The standard InChI is InChI=1S/C22H35N5O.HI/c1-23-22(24-14-20-16-27-13-7-10-19(27)17-28-20)25-15-21(26-11-5-6-12-26)18-8-3-2-4-9-18;/h2-4,8-9,19-21H,5-7,10-17H2,1H3,(H2,23,24,25);1H. The van der Waals surface area contributed by atoms with Crippen LogP contribution in [-0.4, -0.2) is 80.8 Å². The van der Waals surface area contributed by atoms with Crippen molar-refractivity contribution in [3.63, 3.8) is 0 Å². The highest BCUT2D eigenvalue weighted by Crippen LogP contribution is 2.24. The van der Waals surface area contributed by atoms with Gasteiger partial charge < -0.3 is 15.4 Å². The van der Waals surface area contributed by atoms with Gasteiger partial charge in [0.05, 0.1) is 18.8 Å². The molecule has 2 N–H and O–H groups in total. The number of benzene rings is 1. The number of hydrogen-bond acceptors (Lipinski definition) is 4. The molecule has 162 valence electrons. The number of aliphatic imine (C=N–C) groups is 1. The van der Waals surface area contributed by atoms with Crippen LogP contribution in [0.1, 0.15) is 37.3 Å². The molecule has 0 bridgehead atoms. The van der Waals surface area contributed by atoms with Crippen molar-refractivity contribution < 1.29 is 4.74 Å². The van der Waals surface area contributed by atoms with Crippen molar-refractivity contribution in [1.82, 2.24) is 20.4 Å². The van der Waals surface area contributed by atoms with Crippen LogP contribution >= 0.6 is 24.0 Å². The first-order valence-electron chi connectivity index (χ1n) is 10.9. The van der Waals surface area contributed by atoms with Crippen LogP contribution in [0.4, 0.5) is 0 Å². The summed E-state index contributed by atoms with van der Waals surface area (Å²) in [7, 11) is 1.85. The molecule has 7 heteroatoms. The van der Waals surface area contributed by atoms with Crippen LogP contribution in [0.15, 0.2) is 35.3 Å². The van der Waals surface area contributed by atoms with Crippen molar-refractivity contribution in [2.75, 3.05) is 52.9 Å². The highest BCUT2D eigenvalue weighted by atomic mass is 127. The Balaban J connectivity index is 0.00000240. The summed E-state index contributed by atoms with van der Waals surface area (Å²) in [5.74, 6) is 0.868. The van der Waals surface area contributed by atoms with E-state index in [1.165, 1.54) is 50.9 Å². The lowest BCUT2D eigenvalue weighted by Gasteiger charge is -2.35. The normalized spacial score (nSPS) is 26.6. The van der Waals surface area contributed by atoms with Gasteiger partial charge in [-0.05, 0) is 50.9 Å². The molecule has 1 aromatic rings. The van der Waals surface area contributed by atoms with Gasteiger partial charge in [0.25, 0.3) is 0 Å². The van der Waals surface area contributed by atoms with Crippen molar-refractivity contribution in [3.8, 4) is 0 Å². The molecule has 0 aromatic heterocycles. The van der Waals surface area contributed by atoms with E-state index in [4.69, 9.17) is 4.74 Å². The molecule has 0 aliphatic carbocycles. The van der Waals surface area contributed by atoms with Gasteiger partial charge in [-0.3, -0.25) is 14.8 Å². The van der Waals surface area contributed by atoms with Gasteiger partial charge >= 0.3 is 0 Å². The Morgan fingerprint density at radius 3 is 2.69 bits per heavy atom. The number of ether oxygens (including phenoxy) is 1. The van der Waals surface area contributed by atoms with Crippen molar-refractivity contribution in [3.05, 3.63) is 35.9 Å². The van der Waals surface area contributed by atoms with Gasteiger partial charge in [0, 0.05) is 32.7 Å². The Morgan fingerprint density at radius 1 is 1.14 bits per heavy atom. The SMILES string of the molecule is CN=C(NCC1CN2CCCC2CO1)NCC(c1ccccc1)N1CCCC1.I. The summed E-state index contributed by atoms with van der Waals surface area (Å²) < 4.78 is 6.07. The predicted molar refractivity (Wildman–Crippen MR) is 129 cm³/mol. The van der Waals surface area contributed by atoms with Gasteiger partial charge in [0.15, 0.2) is 5.96 Å². The largest absolute Gasteiger partial charge is 0.373 e. The maximum atomic E-state index is 6.07.